The van der Waals surface area contributed by atoms with Crippen LogP contribution >= 0.6 is 12.2 Å². The third kappa shape index (κ3) is 5.24. The van der Waals surface area contributed by atoms with E-state index in [4.69, 9.17) is 22.7 Å². The van der Waals surface area contributed by atoms with Crippen LogP contribution in [-0.4, -0.2) is 40.0 Å². The molecule has 0 fully saturated rings. The number of aromatic nitrogens is 1. The Morgan fingerprint density at radius 3 is 1.94 bits per heavy atom. The van der Waals surface area contributed by atoms with Crippen molar-refractivity contribution >= 4 is 46.5 Å². The number of methoxy groups -OCH3 is 1. The highest BCUT2D eigenvalue weighted by Gasteiger charge is 2.17. The van der Waals surface area contributed by atoms with Crippen LogP contribution in [-0.2, 0) is 0 Å². The van der Waals surface area contributed by atoms with Crippen LogP contribution in [0.4, 0.5) is 11.5 Å². The summed E-state index contributed by atoms with van der Waals surface area (Å²) in [5.74, 6) is -1.85. The Hall–Kier alpha value is -4.31. The number of thiocarbonyl (C=S) groups is 1. The van der Waals surface area contributed by atoms with Gasteiger partial charge in [-0.2, -0.15) is 0 Å². The first-order chi connectivity index (χ1) is 15.3. The first-order valence-electron chi connectivity index (χ1n) is 9.19. The number of carbonyl (C=O) groups is 3. The largest absolute Gasteiger partial charge is 0.497 e. The number of amides is 2. The van der Waals surface area contributed by atoms with Gasteiger partial charge in [0.15, 0.2) is 11.5 Å². The zero-order chi connectivity index (χ0) is 23.3. The molecule has 0 saturated heterocycles. The highest BCUT2D eigenvalue weighted by atomic mass is 32.1. The lowest BCUT2D eigenvalue weighted by atomic mass is 10.1. The van der Waals surface area contributed by atoms with E-state index >= 15 is 0 Å². The molecule has 0 saturated carbocycles. The molecule has 0 spiro atoms. The number of rotatable bonds is 7. The molecule has 2 amide bonds. The number of carbonyl (C=O) groups excluding carboxylic acids is 2. The molecule has 3 rings (SSSR count). The second-order valence-corrected chi connectivity index (χ2v) is 6.92. The van der Waals surface area contributed by atoms with Gasteiger partial charge < -0.3 is 26.2 Å². The Balaban J connectivity index is 1.86. The molecule has 0 atom stereocenters. The van der Waals surface area contributed by atoms with Crippen molar-refractivity contribution in [2.45, 2.75) is 0 Å². The van der Waals surface area contributed by atoms with E-state index in [1.54, 1.807) is 36.4 Å². The number of carboxylic acids is 1. The van der Waals surface area contributed by atoms with E-state index in [2.05, 4.69) is 15.6 Å². The Labute approximate surface area is 188 Å². The van der Waals surface area contributed by atoms with Crippen LogP contribution in [0, 0.1) is 0 Å². The zero-order valence-electron chi connectivity index (χ0n) is 16.8. The number of aromatic carboxylic acids is 1. The first-order valence-corrected chi connectivity index (χ1v) is 9.60. The minimum atomic E-state index is -1.28. The fraction of sp³-hybridized carbons (Fsp3) is 0.0455. The van der Waals surface area contributed by atoms with Gasteiger partial charge in [-0.05, 0) is 48.5 Å². The van der Waals surface area contributed by atoms with E-state index in [9.17, 15) is 19.5 Å². The fourth-order valence-electron chi connectivity index (χ4n) is 2.68. The van der Waals surface area contributed by atoms with Crippen molar-refractivity contribution in [3.05, 3.63) is 83.0 Å². The topological polar surface area (TPSA) is 144 Å². The fourth-order valence-corrected chi connectivity index (χ4v) is 2.81. The predicted octanol–water partition coefficient (Wildman–Crippen LogP) is 2.93. The molecule has 162 valence electrons. The molecule has 2 aromatic carbocycles. The minimum absolute atomic E-state index is 0.116. The van der Waals surface area contributed by atoms with Crippen LogP contribution in [0.5, 0.6) is 5.75 Å². The second kappa shape index (κ2) is 9.67. The average Bonchev–Trinajstić information content (AvgIpc) is 2.80. The van der Waals surface area contributed by atoms with Crippen molar-refractivity contribution in [1.29, 1.82) is 0 Å². The summed E-state index contributed by atoms with van der Waals surface area (Å²) < 4.78 is 5.07. The van der Waals surface area contributed by atoms with E-state index in [0.717, 1.165) is 0 Å². The number of nitrogens with two attached hydrogens (primary N) is 1. The van der Waals surface area contributed by atoms with Crippen LogP contribution in [0.1, 0.15) is 36.8 Å². The van der Waals surface area contributed by atoms with Gasteiger partial charge >= 0.3 is 5.97 Å². The monoisotopic (exact) mass is 450 g/mol. The smallest absolute Gasteiger partial charge is 0.354 e. The number of nitrogens with one attached hydrogen (secondary N) is 2. The SMILES string of the molecule is COc1ccc(C(=O)Nc2ccc(C(=O)O)nc2NC(=O)c2ccc(C(N)=S)cc2)cc1. The number of carboxylic acid groups (broad SMARTS) is 1. The van der Waals surface area contributed by atoms with Crippen LogP contribution in [0.3, 0.4) is 0 Å². The normalized spacial score (nSPS) is 10.2. The van der Waals surface area contributed by atoms with Gasteiger partial charge in [0, 0.05) is 16.7 Å². The van der Waals surface area contributed by atoms with E-state index in [1.807, 2.05) is 0 Å². The van der Waals surface area contributed by atoms with Crippen molar-refractivity contribution in [3.8, 4) is 5.75 Å². The predicted molar refractivity (Wildman–Crippen MR) is 122 cm³/mol. The molecule has 0 bridgehead atoms. The van der Waals surface area contributed by atoms with Crippen molar-refractivity contribution < 1.29 is 24.2 Å². The summed E-state index contributed by atoms with van der Waals surface area (Å²) in [6.07, 6.45) is 0. The van der Waals surface area contributed by atoms with Gasteiger partial charge in [0.25, 0.3) is 11.8 Å². The van der Waals surface area contributed by atoms with Crippen molar-refractivity contribution in [3.63, 3.8) is 0 Å². The maximum absolute atomic E-state index is 12.7. The zero-order valence-corrected chi connectivity index (χ0v) is 17.6. The second-order valence-electron chi connectivity index (χ2n) is 6.48. The number of pyridine rings is 1. The standard InChI is InChI=1S/C22H18N4O5S/c1-31-15-8-6-14(7-9-15)20(27)25-16-10-11-17(22(29)30)24-19(16)26-21(28)13-4-2-12(3-5-13)18(23)32/h2-11H,1H3,(H2,23,32)(H,25,27)(H,29,30)(H,24,26,28). The molecule has 0 aliphatic rings. The summed E-state index contributed by atoms with van der Waals surface area (Å²) >= 11 is 4.89. The molecule has 9 nitrogen and oxygen atoms in total. The lowest BCUT2D eigenvalue weighted by Gasteiger charge is -2.13. The molecule has 5 N–H and O–H groups in total. The van der Waals surface area contributed by atoms with Gasteiger partial charge in [-0.25, -0.2) is 9.78 Å². The summed E-state index contributed by atoms with van der Waals surface area (Å²) in [5.41, 5.74) is 6.57. The summed E-state index contributed by atoms with van der Waals surface area (Å²) in [4.78, 5) is 40.7. The highest BCUT2D eigenvalue weighted by Crippen LogP contribution is 2.22. The lowest BCUT2D eigenvalue weighted by molar-refractivity contribution is 0.0690. The van der Waals surface area contributed by atoms with Gasteiger partial charge in [-0.15, -0.1) is 0 Å². The average molecular weight is 450 g/mol. The third-order valence-corrected chi connectivity index (χ3v) is 4.61. The molecule has 0 radical (unpaired) electrons. The van der Waals surface area contributed by atoms with Crippen molar-refractivity contribution in [1.82, 2.24) is 4.98 Å². The maximum atomic E-state index is 12.7. The molecule has 0 aliphatic heterocycles. The van der Waals surface area contributed by atoms with Crippen LogP contribution in [0.25, 0.3) is 0 Å². The highest BCUT2D eigenvalue weighted by molar-refractivity contribution is 7.80. The van der Waals surface area contributed by atoms with Crippen LogP contribution in [0.2, 0.25) is 0 Å². The molecule has 10 heteroatoms. The van der Waals surface area contributed by atoms with Gasteiger partial charge in [0.2, 0.25) is 0 Å². The van der Waals surface area contributed by atoms with Gasteiger partial charge in [0.05, 0.1) is 12.8 Å². The molecule has 32 heavy (non-hydrogen) atoms. The lowest BCUT2D eigenvalue weighted by Crippen LogP contribution is -2.19. The Bertz CT molecular complexity index is 1190. The summed E-state index contributed by atoms with van der Waals surface area (Å²) in [6.45, 7) is 0. The number of benzene rings is 2. The molecular weight excluding hydrogens is 432 g/mol. The summed E-state index contributed by atoms with van der Waals surface area (Å²) in [6, 6.07) is 15.2. The summed E-state index contributed by atoms with van der Waals surface area (Å²) in [5, 5.41) is 14.4. The van der Waals surface area contributed by atoms with Crippen LogP contribution < -0.4 is 21.1 Å². The molecule has 1 aromatic heterocycles. The molecular formula is C22H18N4O5S. The number of nitrogens with zero attached hydrogens (tertiary/aromatic N) is 1. The number of hydrogen-bond donors (Lipinski definition) is 4. The molecule has 1 heterocycles. The van der Waals surface area contributed by atoms with Gasteiger partial charge in [0.1, 0.15) is 10.7 Å². The number of ether oxygens (including phenoxy) is 1. The number of hydrogen-bond acceptors (Lipinski definition) is 6. The third-order valence-electron chi connectivity index (χ3n) is 4.38. The Kier molecular flexibility index (Phi) is 6.76. The minimum Gasteiger partial charge on any atom is -0.497 e. The first kappa shape index (κ1) is 22.4. The van der Waals surface area contributed by atoms with E-state index in [1.165, 1.54) is 31.4 Å². The molecule has 0 unspecified atom stereocenters. The summed E-state index contributed by atoms with van der Waals surface area (Å²) in [7, 11) is 1.51. The quantitative estimate of drug-likeness (QED) is 0.402. The Morgan fingerprint density at radius 1 is 0.875 bits per heavy atom. The van der Waals surface area contributed by atoms with Crippen LogP contribution in [0.15, 0.2) is 60.7 Å². The van der Waals surface area contributed by atoms with Crippen molar-refractivity contribution in [2.75, 3.05) is 17.7 Å². The van der Waals surface area contributed by atoms with Crippen molar-refractivity contribution in [2.24, 2.45) is 5.73 Å². The van der Waals surface area contributed by atoms with E-state index in [0.29, 0.717) is 16.9 Å². The molecule has 3 aromatic rings. The van der Waals surface area contributed by atoms with Gasteiger partial charge in [-0.3, -0.25) is 9.59 Å². The Morgan fingerprint density at radius 2 is 1.41 bits per heavy atom. The van der Waals surface area contributed by atoms with Gasteiger partial charge in [-0.1, -0.05) is 24.4 Å². The maximum Gasteiger partial charge on any atom is 0.354 e. The van der Waals surface area contributed by atoms with E-state index < -0.39 is 17.8 Å². The van der Waals surface area contributed by atoms with E-state index in [-0.39, 0.29) is 27.8 Å². The molecule has 0 aliphatic carbocycles. The number of anilines is 2.